The fourth-order valence-electron chi connectivity index (χ4n) is 1.33. The Hall–Kier alpha value is -1.76. The van der Waals surface area contributed by atoms with Crippen LogP contribution in [0.3, 0.4) is 0 Å². The van der Waals surface area contributed by atoms with Crippen LogP contribution in [-0.4, -0.2) is 25.2 Å². The number of aromatic nitrogens is 1. The van der Waals surface area contributed by atoms with Crippen molar-refractivity contribution in [2.45, 2.75) is 0 Å². The van der Waals surface area contributed by atoms with Crippen LogP contribution in [0.1, 0.15) is 5.56 Å². The molecule has 0 bridgehead atoms. The maximum atomic E-state index is 8.80. The highest BCUT2D eigenvalue weighted by atomic mass is 16.5. The Bertz CT molecular complexity index is 370. The van der Waals surface area contributed by atoms with Gasteiger partial charge in [-0.2, -0.15) is 5.26 Å². The van der Waals surface area contributed by atoms with E-state index in [9.17, 15) is 0 Å². The zero-order chi connectivity index (χ0) is 9.26. The van der Waals surface area contributed by atoms with Crippen LogP contribution in [0.25, 0.3) is 0 Å². The lowest BCUT2D eigenvalue weighted by atomic mass is 10.2. The molecule has 0 spiro atoms. The van der Waals surface area contributed by atoms with Gasteiger partial charge in [0.2, 0.25) is 0 Å². The second-order valence-corrected chi connectivity index (χ2v) is 2.89. The van der Waals surface area contributed by atoms with Gasteiger partial charge in [-0.1, -0.05) is 0 Å². The largest absolute Gasteiger partial charge is 0.486 e. The molecule has 0 fully saturated rings. The average molecular weight is 175 g/mol. The summed E-state index contributed by atoms with van der Waals surface area (Å²) in [6, 6.07) is 3.75. The molecule has 0 saturated heterocycles. The summed E-state index contributed by atoms with van der Waals surface area (Å²) in [5.74, 6) is 1.36. The van der Waals surface area contributed by atoms with Crippen molar-refractivity contribution in [3.63, 3.8) is 0 Å². The topological polar surface area (TPSA) is 49.1 Å². The number of hydrogen-bond acceptors (Lipinski definition) is 4. The number of fused-ring (bicyclic) bond motifs is 1. The van der Waals surface area contributed by atoms with E-state index in [0.717, 1.165) is 12.4 Å². The molecule has 0 N–H and O–H groups in total. The maximum Gasteiger partial charge on any atom is 0.179 e. The monoisotopic (exact) mass is 175 g/mol. The van der Waals surface area contributed by atoms with E-state index in [1.807, 2.05) is 11.9 Å². The fourth-order valence-corrected chi connectivity index (χ4v) is 1.33. The first-order valence-electron chi connectivity index (χ1n) is 4.06. The summed E-state index contributed by atoms with van der Waals surface area (Å²) < 4.78 is 5.39. The molecule has 2 heterocycles. The van der Waals surface area contributed by atoms with E-state index in [2.05, 4.69) is 11.1 Å². The maximum absolute atomic E-state index is 8.80. The van der Waals surface area contributed by atoms with E-state index < -0.39 is 0 Å². The molecular weight excluding hydrogens is 166 g/mol. The summed E-state index contributed by atoms with van der Waals surface area (Å²) in [5.41, 5.74) is 0.552. The lowest BCUT2D eigenvalue weighted by Crippen LogP contribution is -2.30. The van der Waals surface area contributed by atoms with Gasteiger partial charge < -0.3 is 9.64 Å². The quantitative estimate of drug-likeness (QED) is 0.584. The second kappa shape index (κ2) is 2.94. The van der Waals surface area contributed by atoms with Crippen molar-refractivity contribution in [1.29, 1.82) is 5.26 Å². The Morgan fingerprint density at radius 3 is 3.31 bits per heavy atom. The zero-order valence-corrected chi connectivity index (χ0v) is 7.32. The molecule has 0 atom stereocenters. The van der Waals surface area contributed by atoms with E-state index in [-0.39, 0.29) is 0 Å². The highest BCUT2D eigenvalue weighted by molar-refractivity contribution is 5.60. The van der Waals surface area contributed by atoms with E-state index in [0.29, 0.717) is 17.9 Å². The third-order valence-corrected chi connectivity index (χ3v) is 2.04. The van der Waals surface area contributed by atoms with Gasteiger partial charge in [0.05, 0.1) is 12.1 Å². The Balaban J connectivity index is 2.56. The number of anilines is 1. The number of nitrogens with zero attached hydrogens (tertiary/aromatic N) is 3. The summed E-state index contributed by atoms with van der Waals surface area (Å²) in [6.07, 6.45) is 1.63. The van der Waals surface area contributed by atoms with Crippen molar-refractivity contribution in [2.75, 3.05) is 25.1 Å². The number of ether oxygens (including phenoxy) is 1. The molecule has 0 aromatic carbocycles. The molecule has 4 nitrogen and oxygen atoms in total. The second-order valence-electron chi connectivity index (χ2n) is 2.89. The summed E-state index contributed by atoms with van der Waals surface area (Å²) in [5, 5.41) is 8.80. The first-order valence-corrected chi connectivity index (χ1v) is 4.06. The van der Waals surface area contributed by atoms with E-state index in [4.69, 9.17) is 10.00 Å². The van der Waals surface area contributed by atoms with Gasteiger partial charge in [-0.05, 0) is 6.07 Å². The molecule has 13 heavy (non-hydrogen) atoms. The average Bonchev–Trinajstić information content (AvgIpc) is 2.18. The molecule has 0 saturated carbocycles. The normalized spacial score (nSPS) is 14.3. The number of likely N-dealkylation sites (N-methyl/N-ethyl adjacent to an activating group) is 1. The molecule has 4 heteroatoms. The van der Waals surface area contributed by atoms with Crippen molar-refractivity contribution in [3.8, 4) is 11.8 Å². The van der Waals surface area contributed by atoms with E-state index in [1.165, 1.54) is 0 Å². The minimum Gasteiger partial charge on any atom is -0.486 e. The minimum absolute atomic E-state index is 0.552. The van der Waals surface area contributed by atoms with Crippen molar-refractivity contribution < 1.29 is 4.74 Å². The van der Waals surface area contributed by atoms with Gasteiger partial charge in [0.25, 0.3) is 0 Å². The zero-order valence-electron chi connectivity index (χ0n) is 7.32. The molecule has 1 aliphatic heterocycles. The van der Waals surface area contributed by atoms with Crippen LogP contribution in [0.15, 0.2) is 12.3 Å². The number of rotatable bonds is 0. The molecule has 0 aliphatic carbocycles. The van der Waals surface area contributed by atoms with Gasteiger partial charge in [0.1, 0.15) is 12.7 Å². The lowest BCUT2D eigenvalue weighted by Gasteiger charge is -2.26. The smallest absolute Gasteiger partial charge is 0.179 e. The van der Waals surface area contributed by atoms with Crippen LogP contribution < -0.4 is 9.64 Å². The molecule has 0 unspecified atom stereocenters. The molecule has 2 rings (SSSR count). The molecule has 66 valence electrons. The van der Waals surface area contributed by atoms with E-state index in [1.54, 1.807) is 12.3 Å². The third-order valence-electron chi connectivity index (χ3n) is 2.04. The molecule has 0 radical (unpaired) electrons. The first kappa shape index (κ1) is 7.87. The van der Waals surface area contributed by atoms with Crippen molar-refractivity contribution in [3.05, 3.63) is 17.8 Å². The summed E-state index contributed by atoms with van der Waals surface area (Å²) in [6.45, 7) is 1.43. The Morgan fingerprint density at radius 1 is 1.69 bits per heavy atom. The van der Waals surface area contributed by atoms with Gasteiger partial charge >= 0.3 is 0 Å². The van der Waals surface area contributed by atoms with Crippen molar-refractivity contribution in [1.82, 2.24) is 4.98 Å². The molecular formula is C9H9N3O. The van der Waals surface area contributed by atoms with Gasteiger partial charge in [0, 0.05) is 13.2 Å². The standard InChI is InChI=1S/C9H9N3O/c1-12-4-5-13-8-7(6-10)2-3-11-9(8)12/h2-3H,4-5H2,1H3. The SMILES string of the molecule is CN1CCOc2c(C#N)ccnc21. The van der Waals surface area contributed by atoms with E-state index >= 15 is 0 Å². The predicted molar refractivity (Wildman–Crippen MR) is 47.7 cm³/mol. The highest BCUT2D eigenvalue weighted by Gasteiger charge is 2.18. The van der Waals surface area contributed by atoms with Crippen molar-refractivity contribution >= 4 is 5.82 Å². The fraction of sp³-hybridized carbons (Fsp3) is 0.333. The molecule has 1 aromatic heterocycles. The van der Waals surface area contributed by atoms with Crippen LogP contribution in [0, 0.1) is 11.3 Å². The van der Waals surface area contributed by atoms with Gasteiger partial charge in [-0.25, -0.2) is 4.98 Å². The number of pyridine rings is 1. The summed E-state index contributed by atoms with van der Waals surface area (Å²) in [4.78, 5) is 6.14. The van der Waals surface area contributed by atoms with Gasteiger partial charge in [-0.3, -0.25) is 0 Å². The van der Waals surface area contributed by atoms with Crippen LogP contribution in [0.5, 0.6) is 5.75 Å². The minimum atomic E-state index is 0.552. The van der Waals surface area contributed by atoms with Crippen molar-refractivity contribution in [2.24, 2.45) is 0 Å². The Morgan fingerprint density at radius 2 is 2.54 bits per heavy atom. The molecule has 1 aliphatic rings. The molecule has 0 amide bonds. The van der Waals surface area contributed by atoms with Crippen LogP contribution >= 0.6 is 0 Å². The Kier molecular flexibility index (Phi) is 1.78. The number of hydrogen-bond donors (Lipinski definition) is 0. The van der Waals surface area contributed by atoms with Gasteiger partial charge in [-0.15, -0.1) is 0 Å². The van der Waals surface area contributed by atoms with Crippen LogP contribution in [0.2, 0.25) is 0 Å². The third kappa shape index (κ3) is 1.18. The van der Waals surface area contributed by atoms with Crippen LogP contribution in [0.4, 0.5) is 5.82 Å². The Labute approximate surface area is 76.4 Å². The number of nitriles is 1. The highest BCUT2D eigenvalue weighted by Crippen LogP contribution is 2.30. The first-order chi connectivity index (χ1) is 6.33. The summed E-state index contributed by atoms with van der Waals surface area (Å²) >= 11 is 0. The summed E-state index contributed by atoms with van der Waals surface area (Å²) in [7, 11) is 1.94. The lowest BCUT2D eigenvalue weighted by molar-refractivity contribution is 0.308. The van der Waals surface area contributed by atoms with Crippen LogP contribution in [-0.2, 0) is 0 Å². The van der Waals surface area contributed by atoms with Gasteiger partial charge in [0.15, 0.2) is 11.6 Å². The predicted octanol–water partition coefficient (Wildman–Crippen LogP) is 0.782. The molecule has 1 aromatic rings.